The maximum absolute atomic E-state index is 12.4. The highest BCUT2D eigenvalue weighted by atomic mass is 16.4. The molecule has 6 nitrogen and oxygen atoms in total. The fourth-order valence-electron chi connectivity index (χ4n) is 3.91. The van der Waals surface area contributed by atoms with Crippen LogP contribution in [-0.2, 0) is 4.79 Å². The van der Waals surface area contributed by atoms with Gasteiger partial charge >= 0.3 is 12.0 Å². The number of aliphatic carboxylic acids is 1. The van der Waals surface area contributed by atoms with Crippen LogP contribution in [0.5, 0.6) is 0 Å². The third-order valence-corrected chi connectivity index (χ3v) is 5.20. The Morgan fingerprint density at radius 1 is 0.950 bits per heavy atom. The maximum atomic E-state index is 12.4. The number of hydrogen-bond acceptors (Lipinski definition) is 3. The summed E-state index contributed by atoms with van der Waals surface area (Å²) in [6, 6.07) is 0.0236. The second-order valence-corrected chi connectivity index (χ2v) is 6.36. The van der Waals surface area contributed by atoms with Crippen LogP contribution < -0.4 is 0 Å². The SMILES string of the molecule is O=C(O)C1CCN(C(=O)N2CC3CCC(O)C3C2)CC1. The van der Waals surface area contributed by atoms with Crippen molar-refractivity contribution in [1.82, 2.24) is 9.80 Å². The Morgan fingerprint density at radius 2 is 1.65 bits per heavy atom. The summed E-state index contributed by atoms with van der Waals surface area (Å²) in [6.07, 6.45) is 2.71. The zero-order valence-corrected chi connectivity index (χ0v) is 11.6. The summed E-state index contributed by atoms with van der Waals surface area (Å²) < 4.78 is 0. The molecule has 2 aliphatic heterocycles. The largest absolute Gasteiger partial charge is 0.481 e. The van der Waals surface area contributed by atoms with Gasteiger partial charge in [-0.1, -0.05) is 0 Å². The van der Waals surface area contributed by atoms with Gasteiger partial charge in [-0.05, 0) is 31.6 Å². The molecule has 2 N–H and O–H groups in total. The lowest BCUT2D eigenvalue weighted by molar-refractivity contribution is -0.143. The highest BCUT2D eigenvalue weighted by Crippen LogP contribution is 2.38. The Labute approximate surface area is 118 Å². The van der Waals surface area contributed by atoms with Crippen LogP contribution in [0, 0.1) is 17.8 Å². The van der Waals surface area contributed by atoms with Crippen LogP contribution in [0.3, 0.4) is 0 Å². The number of carboxylic acid groups (broad SMARTS) is 1. The minimum atomic E-state index is -0.754. The minimum Gasteiger partial charge on any atom is -0.481 e. The van der Waals surface area contributed by atoms with Crippen molar-refractivity contribution in [2.45, 2.75) is 31.8 Å². The van der Waals surface area contributed by atoms with E-state index in [1.807, 2.05) is 4.90 Å². The standard InChI is InChI=1S/C14H22N2O4/c17-12-2-1-10-7-16(8-11(10)12)14(20)15-5-3-9(4-6-15)13(18)19/h9-12,17H,1-8H2,(H,18,19). The second kappa shape index (κ2) is 5.24. The molecule has 2 amide bonds. The van der Waals surface area contributed by atoms with Gasteiger partial charge in [0.05, 0.1) is 12.0 Å². The van der Waals surface area contributed by atoms with Crippen molar-refractivity contribution in [2.75, 3.05) is 26.2 Å². The number of amides is 2. The topological polar surface area (TPSA) is 81.1 Å². The van der Waals surface area contributed by atoms with Crippen LogP contribution in [0.4, 0.5) is 4.79 Å². The fourth-order valence-corrected chi connectivity index (χ4v) is 3.91. The van der Waals surface area contributed by atoms with Gasteiger partial charge in [0.1, 0.15) is 0 Å². The first-order chi connectivity index (χ1) is 9.56. The van der Waals surface area contributed by atoms with Crippen LogP contribution in [0.2, 0.25) is 0 Å². The van der Waals surface area contributed by atoms with E-state index >= 15 is 0 Å². The number of carboxylic acids is 1. The van der Waals surface area contributed by atoms with Crippen LogP contribution in [0.1, 0.15) is 25.7 Å². The molecular weight excluding hydrogens is 260 g/mol. The maximum Gasteiger partial charge on any atom is 0.320 e. The van der Waals surface area contributed by atoms with Gasteiger partial charge in [0, 0.05) is 32.1 Å². The first-order valence-corrected chi connectivity index (χ1v) is 7.51. The van der Waals surface area contributed by atoms with Gasteiger partial charge in [0.15, 0.2) is 0 Å². The number of urea groups is 1. The minimum absolute atomic E-state index is 0.0236. The van der Waals surface area contributed by atoms with Gasteiger partial charge in [-0.25, -0.2) is 4.79 Å². The zero-order valence-electron chi connectivity index (χ0n) is 11.6. The van der Waals surface area contributed by atoms with E-state index in [0.29, 0.717) is 38.4 Å². The number of nitrogens with zero attached hydrogens (tertiary/aromatic N) is 2. The quantitative estimate of drug-likeness (QED) is 0.738. The molecule has 0 aromatic heterocycles. The summed E-state index contributed by atoms with van der Waals surface area (Å²) in [5.74, 6) is -0.365. The van der Waals surface area contributed by atoms with E-state index in [9.17, 15) is 14.7 Å². The van der Waals surface area contributed by atoms with E-state index in [2.05, 4.69) is 0 Å². The molecule has 20 heavy (non-hydrogen) atoms. The van der Waals surface area contributed by atoms with Crippen molar-refractivity contribution >= 4 is 12.0 Å². The Kier molecular flexibility index (Phi) is 3.58. The first kappa shape index (κ1) is 13.7. The van der Waals surface area contributed by atoms with Crippen molar-refractivity contribution in [3.8, 4) is 0 Å². The molecule has 112 valence electrons. The zero-order chi connectivity index (χ0) is 14.3. The molecule has 3 fully saturated rings. The molecule has 0 aromatic carbocycles. The normalized spacial score (nSPS) is 34.4. The number of aliphatic hydroxyl groups excluding tert-OH is 1. The third kappa shape index (κ3) is 2.37. The van der Waals surface area contributed by atoms with Crippen LogP contribution in [-0.4, -0.2) is 64.3 Å². The van der Waals surface area contributed by atoms with E-state index in [1.165, 1.54) is 0 Å². The molecule has 0 aromatic rings. The molecule has 0 radical (unpaired) electrons. The van der Waals surface area contributed by atoms with E-state index in [-0.39, 0.29) is 24.0 Å². The number of hydrogen-bond donors (Lipinski definition) is 2. The second-order valence-electron chi connectivity index (χ2n) is 6.36. The number of carbonyl (C=O) groups excluding carboxylic acids is 1. The molecule has 2 saturated heterocycles. The van der Waals surface area contributed by atoms with Crippen LogP contribution in [0.25, 0.3) is 0 Å². The highest BCUT2D eigenvalue weighted by molar-refractivity contribution is 5.76. The van der Waals surface area contributed by atoms with E-state index < -0.39 is 5.97 Å². The summed E-state index contributed by atoms with van der Waals surface area (Å²) in [4.78, 5) is 27.0. The smallest absolute Gasteiger partial charge is 0.320 e. The number of carbonyl (C=O) groups is 2. The van der Waals surface area contributed by atoms with E-state index in [1.54, 1.807) is 4.90 Å². The van der Waals surface area contributed by atoms with Crippen molar-refractivity contribution in [1.29, 1.82) is 0 Å². The van der Waals surface area contributed by atoms with Crippen LogP contribution in [0.15, 0.2) is 0 Å². The van der Waals surface area contributed by atoms with Gasteiger partial charge < -0.3 is 20.0 Å². The summed E-state index contributed by atoms with van der Waals surface area (Å²) >= 11 is 0. The average Bonchev–Trinajstić information content (AvgIpc) is 3.01. The molecule has 6 heteroatoms. The Balaban J connectivity index is 1.54. The summed E-state index contributed by atoms with van der Waals surface area (Å²) in [5, 5.41) is 18.9. The summed E-state index contributed by atoms with van der Waals surface area (Å²) in [6.45, 7) is 2.47. The van der Waals surface area contributed by atoms with Gasteiger partial charge in [0.2, 0.25) is 0 Å². The molecule has 1 saturated carbocycles. The molecule has 3 atom stereocenters. The average molecular weight is 282 g/mol. The molecule has 0 bridgehead atoms. The number of aliphatic hydroxyl groups is 1. The van der Waals surface area contributed by atoms with E-state index in [4.69, 9.17) is 5.11 Å². The lowest BCUT2D eigenvalue weighted by Crippen LogP contribution is -2.47. The number of likely N-dealkylation sites (tertiary alicyclic amines) is 2. The first-order valence-electron chi connectivity index (χ1n) is 7.51. The Bertz CT molecular complexity index is 406. The van der Waals surface area contributed by atoms with Gasteiger partial charge in [-0.3, -0.25) is 4.79 Å². The predicted octanol–water partition coefficient (Wildman–Crippen LogP) is 0.606. The summed E-state index contributed by atoms with van der Waals surface area (Å²) in [5.41, 5.74) is 0. The Morgan fingerprint density at radius 3 is 2.25 bits per heavy atom. The van der Waals surface area contributed by atoms with Crippen LogP contribution >= 0.6 is 0 Å². The lowest BCUT2D eigenvalue weighted by atomic mass is 9.97. The highest BCUT2D eigenvalue weighted by Gasteiger charge is 2.44. The van der Waals surface area contributed by atoms with Crippen molar-refractivity contribution in [3.63, 3.8) is 0 Å². The van der Waals surface area contributed by atoms with Crippen molar-refractivity contribution in [2.24, 2.45) is 17.8 Å². The van der Waals surface area contributed by atoms with Crippen molar-refractivity contribution in [3.05, 3.63) is 0 Å². The Hall–Kier alpha value is -1.30. The molecular formula is C14H22N2O4. The molecule has 2 heterocycles. The van der Waals surface area contributed by atoms with Gasteiger partial charge in [-0.2, -0.15) is 0 Å². The van der Waals surface area contributed by atoms with E-state index in [0.717, 1.165) is 19.4 Å². The third-order valence-electron chi connectivity index (χ3n) is 5.20. The predicted molar refractivity (Wildman–Crippen MR) is 71.1 cm³/mol. The molecule has 3 rings (SSSR count). The molecule has 1 aliphatic carbocycles. The van der Waals surface area contributed by atoms with Crippen molar-refractivity contribution < 1.29 is 19.8 Å². The van der Waals surface area contributed by atoms with Gasteiger partial charge in [0.25, 0.3) is 0 Å². The number of fused-ring (bicyclic) bond motifs is 1. The molecule has 3 unspecified atom stereocenters. The molecule has 3 aliphatic rings. The fraction of sp³-hybridized carbons (Fsp3) is 0.857. The molecule has 0 spiro atoms. The number of piperidine rings is 1. The monoisotopic (exact) mass is 282 g/mol. The summed E-state index contributed by atoms with van der Waals surface area (Å²) in [7, 11) is 0. The van der Waals surface area contributed by atoms with Gasteiger partial charge in [-0.15, -0.1) is 0 Å². The lowest BCUT2D eigenvalue weighted by Gasteiger charge is -2.33. The number of rotatable bonds is 1.